The van der Waals surface area contributed by atoms with Crippen molar-refractivity contribution in [1.82, 2.24) is 15.5 Å². The summed E-state index contributed by atoms with van der Waals surface area (Å²) >= 11 is 0. The summed E-state index contributed by atoms with van der Waals surface area (Å²) in [7, 11) is 0. The molecule has 1 aliphatic heterocycles. The lowest BCUT2D eigenvalue weighted by Crippen LogP contribution is -2.49. The number of nitrogens with one attached hydrogen (secondary N) is 2. The summed E-state index contributed by atoms with van der Waals surface area (Å²) in [5.74, 6) is -0.304. The van der Waals surface area contributed by atoms with E-state index in [0.29, 0.717) is 13.1 Å². The molecule has 0 fully saturated rings. The summed E-state index contributed by atoms with van der Waals surface area (Å²) in [5.41, 5.74) is 0.791. The SMILES string of the molecule is CC(C)(C)NC(=O)C1=CNCCN1C(=O)OCc1ccccc1. The van der Waals surface area contributed by atoms with Crippen LogP contribution in [0.3, 0.4) is 0 Å². The van der Waals surface area contributed by atoms with E-state index in [1.54, 1.807) is 6.20 Å². The number of hydrogen-bond donors (Lipinski definition) is 2. The zero-order valence-corrected chi connectivity index (χ0v) is 13.8. The summed E-state index contributed by atoms with van der Waals surface area (Å²) in [4.78, 5) is 26.0. The molecule has 1 aromatic rings. The van der Waals surface area contributed by atoms with Crippen molar-refractivity contribution in [3.8, 4) is 0 Å². The van der Waals surface area contributed by atoms with Crippen molar-refractivity contribution in [3.05, 3.63) is 47.8 Å². The molecule has 0 unspecified atom stereocenters. The molecule has 0 saturated heterocycles. The van der Waals surface area contributed by atoms with Crippen molar-refractivity contribution in [1.29, 1.82) is 0 Å². The van der Waals surface area contributed by atoms with Gasteiger partial charge in [-0.05, 0) is 26.3 Å². The number of amides is 2. The molecule has 23 heavy (non-hydrogen) atoms. The van der Waals surface area contributed by atoms with Crippen LogP contribution >= 0.6 is 0 Å². The number of carbonyl (C=O) groups excluding carboxylic acids is 2. The van der Waals surface area contributed by atoms with Gasteiger partial charge in [-0.3, -0.25) is 9.69 Å². The maximum atomic E-state index is 12.3. The molecule has 0 bridgehead atoms. The van der Waals surface area contributed by atoms with Gasteiger partial charge in [0.15, 0.2) is 0 Å². The summed E-state index contributed by atoms with van der Waals surface area (Å²) in [6.07, 6.45) is 1.03. The lowest BCUT2D eigenvalue weighted by Gasteiger charge is -2.30. The number of rotatable bonds is 3. The molecule has 2 amide bonds. The lowest BCUT2D eigenvalue weighted by molar-refractivity contribution is -0.120. The van der Waals surface area contributed by atoms with Crippen LogP contribution in [-0.2, 0) is 16.1 Å². The van der Waals surface area contributed by atoms with Crippen molar-refractivity contribution in [3.63, 3.8) is 0 Å². The normalized spacial score (nSPS) is 14.6. The molecule has 0 aliphatic carbocycles. The van der Waals surface area contributed by atoms with Gasteiger partial charge in [0.1, 0.15) is 12.3 Å². The van der Waals surface area contributed by atoms with Crippen LogP contribution in [0, 0.1) is 0 Å². The zero-order valence-electron chi connectivity index (χ0n) is 13.8. The highest BCUT2D eigenvalue weighted by Crippen LogP contribution is 2.13. The standard InChI is InChI=1S/C17H23N3O3/c1-17(2,3)19-15(21)14-11-18-9-10-20(14)16(22)23-12-13-7-5-4-6-8-13/h4-8,11,18H,9-10,12H2,1-3H3,(H,19,21). The van der Waals surface area contributed by atoms with Crippen LogP contribution in [0.25, 0.3) is 0 Å². The van der Waals surface area contributed by atoms with Crippen molar-refractivity contribution in [2.75, 3.05) is 13.1 Å². The average molecular weight is 317 g/mol. The van der Waals surface area contributed by atoms with Gasteiger partial charge in [-0.2, -0.15) is 0 Å². The first-order chi connectivity index (χ1) is 10.9. The maximum absolute atomic E-state index is 12.3. The van der Waals surface area contributed by atoms with Gasteiger partial charge in [-0.1, -0.05) is 30.3 Å². The van der Waals surface area contributed by atoms with Gasteiger partial charge in [0.05, 0.1) is 0 Å². The van der Waals surface area contributed by atoms with Gasteiger partial charge in [0, 0.05) is 24.8 Å². The first-order valence-corrected chi connectivity index (χ1v) is 7.61. The fraction of sp³-hybridized carbons (Fsp3) is 0.412. The number of carbonyl (C=O) groups is 2. The lowest BCUT2D eigenvalue weighted by atomic mass is 10.1. The molecule has 1 aliphatic rings. The van der Waals surface area contributed by atoms with E-state index in [0.717, 1.165) is 5.56 Å². The Morgan fingerprint density at radius 3 is 2.61 bits per heavy atom. The van der Waals surface area contributed by atoms with Crippen molar-refractivity contribution < 1.29 is 14.3 Å². The average Bonchev–Trinajstić information content (AvgIpc) is 2.52. The Labute approximate surface area is 136 Å². The molecule has 0 saturated carbocycles. The predicted octanol–water partition coefficient (Wildman–Crippen LogP) is 1.98. The Bertz CT molecular complexity index is 591. The highest BCUT2D eigenvalue weighted by Gasteiger charge is 2.28. The third-order valence-corrected chi connectivity index (χ3v) is 3.16. The Morgan fingerprint density at radius 1 is 1.26 bits per heavy atom. The van der Waals surface area contributed by atoms with E-state index >= 15 is 0 Å². The van der Waals surface area contributed by atoms with E-state index in [1.807, 2.05) is 51.1 Å². The zero-order chi connectivity index (χ0) is 16.9. The van der Waals surface area contributed by atoms with Crippen LogP contribution in [-0.4, -0.2) is 35.5 Å². The van der Waals surface area contributed by atoms with Crippen molar-refractivity contribution in [2.24, 2.45) is 0 Å². The Kier molecular flexibility index (Phi) is 5.26. The van der Waals surface area contributed by atoms with E-state index in [-0.39, 0.29) is 23.8 Å². The van der Waals surface area contributed by atoms with Gasteiger partial charge in [0.25, 0.3) is 5.91 Å². The fourth-order valence-corrected chi connectivity index (χ4v) is 2.12. The fourth-order valence-electron chi connectivity index (χ4n) is 2.12. The second-order valence-electron chi connectivity index (χ2n) is 6.38. The summed E-state index contributed by atoms with van der Waals surface area (Å²) in [5, 5.41) is 5.84. The van der Waals surface area contributed by atoms with Gasteiger partial charge in [-0.15, -0.1) is 0 Å². The van der Waals surface area contributed by atoms with Gasteiger partial charge >= 0.3 is 6.09 Å². The Balaban J connectivity index is 2.01. The minimum atomic E-state index is -0.523. The molecule has 124 valence electrons. The van der Waals surface area contributed by atoms with E-state index < -0.39 is 6.09 Å². The molecule has 0 atom stereocenters. The van der Waals surface area contributed by atoms with E-state index in [2.05, 4.69) is 10.6 Å². The third kappa shape index (κ3) is 5.02. The first kappa shape index (κ1) is 16.9. The monoisotopic (exact) mass is 317 g/mol. The van der Waals surface area contributed by atoms with Gasteiger partial charge in [0.2, 0.25) is 0 Å². The molecule has 6 nitrogen and oxygen atoms in total. The Morgan fingerprint density at radius 2 is 1.96 bits per heavy atom. The molecular weight excluding hydrogens is 294 g/mol. The summed E-state index contributed by atoms with van der Waals surface area (Å²) in [6.45, 7) is 6.81. The van der Waals surface area contributed by atoms with Crippen LogP contribution in [0.15, 0.2) is 42.2 Å². The smallest absolute Gasteiger partial charge is 0.414 e. The second-order valence-corrected chi connectivity index (χ2v) is 6.38. The molecule has 0 spiro atoms. The van der Waals surface area contributed by atoms with Gasteiger partial charge in [-0.25, -0.2) is 4.79 Å². The van der Waals surface area contributed by atoms with Crippen molar-refractivity contribution in [2.45, 2.75) is 32.9 Å². The molecule has 0 radical (unpaired) electrons. The topological polar surface area (TPSA) is 70.7 Å². The Hall–Kier alpha value is -2.50. The van der Waals surface area contributed by atoms with Crippen LogP contribution in [0.1, 0.15) is 26.3 Å². The third-order valence-electron chi connectivity index (χ3n) is 3.16. The number of hydrogen-bond acceptors (Lipinski definition) is 4. The summed E-state index contributed by atoms with van der Waals surface area (Å²) < 4.78 is 5.32. The first-order valence-electron chi connectivity index (χ1n) is 7.61. The van der Waals surface area contributed by atoms with Gasteiger partial charge < -0.3 is 15.4 Å². The molecule has 2 rings (SSSR count). The largest absolute Gasteiger partial charge is 0.444 e. The molecule has 0 aromatic heterocycles. The van der Waals surface area contributed by atoms with Crippen molar-refractivity contribution >= 4 is 12.0 Å². The molecule has 1 aromatic carbocycles. The van der Waals surface area contributed by atoms with E-state index in [4.69, 9.17) is 4.74 Å². The second kappa shape index (κ2) is 7.17. The minimum Gasteiger partial charge on any atom is -0.444 e. The summed E-state index contributed by atoms with van der Waals surface area (Å²) in [6, 6.07) is 9.44. The minimum absolute atomic E-state index is 0.178. The molecule has 2 N–H and O–H groups in total. The number of nitrogens with zero attached hydrogens (tertiary/aromatic N) is 1. The van der Waals surface area contributed by atoms with Crippen LogP contribution < -0.4 is 10.6 Å². The van der Waals surface area contributed by atoms with Crippen LogP contribution in [0.2, 0.25) is 0 Å². The predicted molar refractivity (Wildman–Crippen MR) is 87.3 cm³/mol. The van der Waals surface area contributed by atoms with E-state index in [1.165, 1.54) is 4.90 Å². The van der Waals surface area contributed by atoms with E-state index in [9.17, 15) is 9.59 Å². The molecular formula is C17H23N3O3. The number of ether oxygens (including phenoxy) is 1. The quantitative estimate of drug-likeness (QED) is 0.894. The highest BCUT2D eigenvalue weighted by molar-refractivity contribution is 5.96. The molecule has 1 heterocycles. The highest BCUT2D eigenvalue weighted by atomic mass is 16.6. The van der Waals surface area contributed by atoms with Crippen LogP contribution in [0.5, 0.6) is 0 Å². The van der Waals surface area contributed by atoms with Crippen LogP contribution in [0.4, 0.5) is 4.79 Å². The molecule has 6 heteroatoms. The number of benzene rings is 1. The maximum Gasteiger partial charge on any atom is 0.414 e.